The van der Waals surface area contributed by atoms with E-state index < -0.39 is 0 Å². The Hall–Kier alpha value is -1.39. The van der Waals surface area contributed by atoms with Crippen molar-refractivity contribution in [2.75, 3.05) is 19.6 Å². The number of hydrogen-bond donors (Lipinski definition) is 2. The molecule has 0 amide bonds. The predicted molar refractivity (Wildman–Crippen MR) is 176 cm³/mol. The van der Waals surface area contributed by atoms with Crippen molar-refractivity contribution >= 4 is 5.71 Å². The summed E-state index contributed by atoms with van der Waals surface area (Å²) < 4.78 is 0. The predicted octanol–water partition coefficient (Wildman–Crippen LogP) is 8.34. The molecule has 4 nitrogen and oxygen atoms in total. The zero-order valence-corrected chi connectivity index (χ0v) is 28.0. The largest absolute Gasteiger partial charge is 0.392 e. The molecule has 0 aromatic rings. The Morgan fingerprint density at radius 1 is 1.10 bits per heavy atom. The number of aliphatic hydroxyl groups is 1. The first kappa shape index (κ1) is 32.5. The quantitative estimate of drug-likeness (QED) is 0.305. The first-order valence-corrected chi connectivity index (χ1v) is 17.1. The van der Waals surface area contributed by atoms with Gasteiger partial charge in [0.2, 0.25) is 0 Å². The zero-order valence-electron chi connectivity index (χ0n) is 28.0. The Balaban J connectivity index is 0.00000189. The van der Waals surface area contributed by atoms with Gasteiger partial charge in [0, 0.05) is 42.0 Å². The fourth-order valence-electron chi connectivity index (χ4n) is 10.0. The monoisotopic (exact) mass is 565 g/mol. The van der Waals surface area contributed by atoms with Crippen molar-refractivity contribution in [3.8, 4) is 0 Å². The molecule has 4 heteroatoms. The van der Waals surface area contributed by atoms with Gasteiger partial charge >= 0.3 is 0 Å². The second-order valence-electron chi connectivity index (χ2n) is 15.5. The molecule has 5 aliphatic rings. The van der Waals surface area contributed by atoms with Crippen LogP contribution in [0.15, 0.2) is 41.1 Å². The third kappa shape index (κ3) is 6.44. The van der Waals surface area contributed by atoms with Crippen molar-refractivity contribution in [3.63, 3.8) is 0 Å². The lowest BCUT2D eigenvalue weighted by Gasteiger charge is -2.58. The van der Waals surface area contributed by atoms with E-state index >= 15 is 0 Å². The van der Waals surface area contributed by atoms with E-state index in [-0.39, 0.29) is 11.6 Å². The maximum atomic E-state index is 9.91. The highest BCUT2D eigenvalue weighted by Gasteiger charge is 2.59. The van der Waals surface area contributed by atoms with Crippen LogP contribution in [0.3, 0.4) is 0 Å². The third-order valence-corrected chi connectivity index (χ3v) is 12.2. The van der Waals surface area contributed by atoms with E-state index in [4.69, 9.17) is 4.99 Å². The average Bonchev–Trinajstić information content (AvgIpc) is 3.50. The average molecular weight is 566 g/mol. The Morgan fingerprint density at radius 3 is 2.49 bits per heavy atom. The van der Waals surface area contributed by atoms with Gasteiger partial charge in [-0.05, 0) is 120 Å². The minimum atomic E-state index is -0.196. The first-order valence-electron chi connectivity index (χ1n) is 17.1. The number of nitrogens with one attached hydrogen (secondary N) is 1. The van der Waals surface area contributed by atoms with E-state index in [0.717, 1.165) is 49.4 Å². The maximum Gasteiger partial charge on any atom is 0.0781 e. The van der Waals surface area contributed by atoms with Crippen molar-refractivity contribution in [1.29, 1.82) is 0 Å². The van der Waals surface area contributed by atoms with Crippen LogP contribution in [-0.2, 0) is 0 Å². The van der Waals surface area contributed by atoms with Gasteiger partial charge in [-0.1, -0.05) is 58.1 Å². The highest BCUT2D eigenvalue weighted by molar-refractivity contribution is 5.85. The molecule has 8 atom stereocenters. The van der Waals surface area contributed by atoms with Gasteiger partial charge < -0.3 is 15.3 Å². The van der Waals surface area contributed by atoms with Crippen LogP contribution in [0, 0.1) is 34.5 Å². The second-order valence-corrected chi connectivity index (χ2v) is 15.5. The van der Waals surface area contributed by atoms with E-state index in [0.29, 0.717) is 29.3 Å². The number of nitrogens with zero attached hydrogens (tertiary/aromatic N) is 2. The molecule has 5 rings (SSSR count). The van der Waals surface area contributed by atoms with Crippen LogP contribution in [0.5, 0.6) is 0 Å². The molecule has 0 aromatic heterocycles. The van der Waals surface area contributed by atoms with Gasteiger partial charge in [0.05, 0.1) is 12.6 Å². The zero-order chi connectivity index (χ0) is 30.2. The normalized spacial score (nSPS) is 38.7. The van der Waals surface area contributed by atoms with Gasteiger partial charge in [0.1, 0.15) is 0 Å². The molecule has 4 fully saturated rings. The lowest BCUT2D eigenvalue weighted by Crippen LogP contribution is -2.50. The van der Waals surface area contributed by atoms with Crippen molar-refractivity contribution in [3.05, 3.63) is 36.1 Å². The molecular formula is C37H63N3O. The molecule has 41 heavy (non-hydrogen) atoms. The van der Waals surface area contributed by atoms with Gasteiger partial charge in [0.15, 0.2) is 0 Å². The second kappa shape index (κ2) is 12.7. The summed E-state index contributed by atoms with van der Waals surface area (Å²) in [6.07, 6.45) is 14.8. The number of fused-ring (bicyclic) bond motifs is 5. The van der Waals surface area contributed by atoms with Crippen molar-refractivity contribution < 1.29 is 5.11 Å². The summed E-state index contributed by atoms with van der Waals surface area (Å²) in [4.78, 5) is 7.71. The van der Waals surface area contributed by atoms with E-state index in [2.05, 4.69) is 71.0 Å². The van der Waals surface area contributed by atoms with E-state index in [1.165, 1.54) is 62.7 Å². The summed E-state index contributed by atoms with van der Waals surface area (Å²) in [6, 6.07) is 0.398. The summed E-state index contributed by atoms with van der Waals surface area (Å²) in [7, 11) is 0. The number of β-amino-alcohol motifs (C(OH)–C–C–N with tert-alkyl or cyclic N) is 1. The third-order valence-electron chi connectivity index (χ3n) is 12.2. The molecule has 4 aliphatic carbocycles. The molecule has 1 saturated heterocycles. The summed E-state index contributed by atoms with van der Waals surface area (Å²) >= 11 is 0. The number of aliphatic imine (C=N–C) groups is 1. The highest BCUT2D eigenvalue weighted by Crippen LogP contribution is 2.67. The molecule has 2 N–H and O–H groups in total. The highest BCUT2D eigenvalue weighted by atomic mass is 16.3. The fraction of sp³-hybridized carbons (Fsp3) is 0.811. The maximum absolute atomic E-state index is 9.91. The first-order chi connectivity index (χ1) is 19.3. The molecule has 1 heterocycles. The van der Waals surface area contributed by atoms with Crippen LogP contribution in [-0.4, -0.2) is 53.0 Å². The van der Waals surface area contributed by atoms with Gasteiger partial charge in [-0.25, -0.2) is 0 Å². The molecule has 0 bridgehead atoms. The van der Waals surface area contributed by atoms with Gasteiger partial charge in [0.25, 0.3) is 0 Å². The van der Waals surface area contributed by atoms with E-state index in [1.807, 2.05) is 13.8 Å². The molecule has 0 aromatic carbocycles. The smallest absolute Gasteiger partial charge is 0.0781 e. The molecule has 1 aliphatic heterocycles. The lowest BCUT2D eigenvalue weighted by molar-refractivity contribution is -0.0417. The van der Waals surface area contributed by atoms with Crippen molar-refractivity contribution in [2.24, 2.45) is 39.5 Å². The van der Waals surface area contributed by atoms with Crippen LogP contribution in [0.25, 0.3) is 0 Å². The van der Waals surface area contributed by atoms with Gasteiger partial charge in [-0.15, -0.1) is 0 Å². The van der Waals surface area contributed by atoms with Crippen LogP contribution in [0.4, 0.5) is 0 Å². The Labute approximate surface area is 253 Å². The van der Waals surface area contributed by atoms with Crippen LogP contribution in [0.2, 0.25) is 0 Å². The van der Waals surface area contributed by atoms with E-state index in [9.17, 15) is 5.11 Å². The van der Waals surface area contributed by atoms with Crippen molar-refractivity contribution in [2.45, 2.75) is 137 Å². The molecular weight excluding hydrogens is 502 g/mol. The van der Waals surface area contributed by atoms with E-state index in [1.54, 1.807) is 5.57 Å². The molecule has 3 saturated carbocycles. The minimum Gasteiger partial charge on any atom is -0.392 e. The Kier molecular flexibility index (Phi) is 10.1. The molecule has 0 spiro atoms. The topological polar surface area (TPSA) is 47.9 Å². The molecule has 232 valence electrons. The number of hydrogen-bond acceptors (Lipinski definition) is 4. The van der Waals surface area contributed by atoms with Crippen LogP contribution >= 0.6 is 0 Å². The summed E-state index contributed by atoms with van der Waals surface area (Å²) in [5.74, 6) is 3.19. The van der Waals surface area contributed by atoms with Crippen LogP contribution in [0.1, 0.15) is 120 Å². The summed E-state index contributed by atoms with van der Waals surface area (Å²) in [5.41, 5.74) is 6.38. The Morgan fingerprint density at radius 2 is 1.83 bits per heavy atom. The molecule has 8 unspecified atom stereocenters. The Bertz CT molecular complexity index is 1020. The minimum absolute atomic E-state index is 0.0103. The number of allylic oxidation sites excluding steroid dienone is 3. The fourth-order valence-corrected chi connectivity index (χ4v) is 10.0. The number of rotatable bonds is 7. The summed E-state index contributed by atoms with van der Waals surface area (Å²) in [5, 5.41) is 13.4. The SMILES string of the molecule is C=C1C=C2CCC3C(CCC4(C)C(C(C)=NCC(=C)N(CCC5CC(O)CN5)C(C)(C)C)CCC34)C2(C)CC1.CC. The lowest BCUT2D eigenvalue weighted by atomic mass is 9.46. The van der Waals surface area contributed by atoms with Gasteiger partial charge in [-0.2, -0.15) is 0 Å². The molecule has 0 radical (unpaired) electrons. The number of aliphatic hydroxyl groups excluding tert-OH is 1. The van der Waals surface area contributed by atoms with Gasteiger partial charge in [-0.3, -0.25) is 4.99 Å². The standard InChI is InChI=1S/C35H57N3O.C2H6/c1-23-13-16-34(7)26(19-23)9-10-29-31-12-11-30(35(31,8)17-14-32(29)34)25(3)36-21-24(2)38(33(4,5)6)18-15-27-20-28(39)22-37-27;1-2/h19,27-32,37,39H,1-2,9-18,20-22H2,3-8H3;1-2H3. The van der Waals surface area contributed by atoms with Crippen molar-refractivity contribution in [1.82, 2.24) is 10.2 Å². The summed E-state index contributed by atoms with van der Waals surface area (Å²) in [6.45, 7) is 29.6. The van der Waals surface area contributed by atoms with Crippen LogP contribution < -0.4 is 5.32 Å².